The summed E-state index contributed by atoms with van der Waals surface area (Å²) in [6.07, 6.45) is 4.24. The molecule has 2 aromatic carbocycles. The Bertz CT molecular complexity index is 1120. The van der Waals surface area contributed by atoms with Crippen LogP contribution in [-0.2, 0) is 25.8 Å². The highest BCUT2D eigenvalue weighted by Crippen LogP contribution is 2.33. The highest BCUT2D eigenvalue weighted by atomic mass is 16.5. The minimum Gasteiger partial charge on any atom is -0.507 e. The summed E-state index contributed by atoms with van der Waals surface area (Å²) in [6.45, 7) is 4.50. The van der Waals surface area contributed by atoms with Crippen LogP contribution in [0.25, 0.3) is 0 Å². The maximum Gasteiger partial charge on any atom is 0.174 e. The van der Waals surface area contributed by atoms with E-state index in [9.17, 15) is 9.90 Å². The van der Waals surface area contributed by atoms with Gasteiger partial charge in [-0.2, -0.15) is 10.1 Å². The molecule has 172 valence electrons. The Morgan fingerprint density at radius 3 is 2.58 bits per heavy atom. The number of hydrogen-bond donors (Lipinski definition) is 1. The van der Waals surface area contributed by atoms with E-state index in [2.05, 4.69) is 21.5 Å². The molecule has 0 fully saturated rings. The van der Waals surface area contributed by atoms with Crippen LogP contribution in [0.2, 0.25) is 0 Å². The number of nitriles is 1. The third-order valence-electron chi connectivity index (χ3n) is 5.30. The van der Waals surface area contributed by atoms with E-state index in [1.807, 2.05) is 31.2 Å². The first-order chi connectivity index (χ1) is 16.0. The molecule has 33 heavy (non-hydrogen) atoms. The second-order valence-electron chi connectivity index (χ2n) is 7.94. The number of unbranched alkanes of at least 4 members (excludes halogenated alkanes) is 1. The lowest BCUT2D eigenvalue weighted by atomic mass is 10.0. The van der Waals surface area contributed by atoms with Crippen LogP contribution < -0.4 is 4.74 Å². The number of rotatable bonds is 12. The minimum absolute atomic E-state index is 0.0300. The predicted molar refractivity (Wildman–Crippen MR) is 123 cm³/mol. The average molecular weight is 448 g/mol. The molecule has 8 nitrogen and oxygen atoms in total. The summed E-state index contributed by atoms with van der Waals surface area (Å²) in [4.78, 5) is 13.3. The van der Waals surface area contributed by atoms with Crippen molar-refractivity contribution in [3.8, 4) is 17.6 Å². The van der Waals surface area contributed by atoms with Crippen molar-refractivity contribution in [2.24, 2.45) is 0 Å². The second-order valence-corrected chi connectivity index (χ2v) is 7.94. The molecule has 0 aliphatic rings. The van der Waals surface area contributed by atoms with Gasteiger partial charge < -0.3 is 9.84 Å². The van der Waals surface area contributed by atoms with Gasteiger partial charge in [0.1, 0.15) is 11.5 Å². The first-order valence-corrected chi connectivity index (χ1v) is 11.2. The number of aromatic hydroxyl groups is 1. The van der Waals surface area contributed by atoms with Crippen LogP contribution >= 0.6 is 0 Å². The lowest BCUT2D eigenvalue weighted by Crippen LogP contribution is -2.05. The molecule has 3 aromatic rings. The molecule has 1 N–H and O–H groups in total. The van der Waals surface area contributed by atoms with Crippen LogP contribution in [0.4, 0.5) is 0 Å². The van der Waals surface area contributed by atoms with E-state index < -0.39 is 0 Å². The maximum atomic E-state index is 11.7. The Hall–Kier alpha value is -3.73. The molecule has 0 radical (unpaired) electrons. The molecule has 1 heterocycles. The first-order valence-electron chi connectivity index (χ1n) is 11.2. The molecular formula is C25H29N5O3. The van der Waals surface area contributed by atoms with Gasteiger partial charge in [0.15, 0.2) is 11.6 Å². The van der Waals surface area contributed by atoms with Crippen molar-refractivity contribution >= 4 is 5.78 Å². The Kier molecular flexibility index (Phi) is 8.53. The molecule has 8 heteroatoms. The second kappa shape index (κ2) is 11.8. The van der Waals surface area contributed by atoms with Gasteiger partial charge >= 0.3 is 0 Å². The Labute approximate surface area is 193 Å². The summed E-state index contributed by atoms with van der Waals surface area (Å²) in [5.41, 5.74) is 3.06. The topological polar surface area (TPSA) is 114 Å². The van der Waals surface area contributed by atoms with Crippen molar-refractivity contribution < 1.29 is 14.6 Å². The maximum absolute atomic E-state index is 11.7. The third kappa shape index (κ3) is 6.62. The van der Waals surface area contributed by atoms with Crippen LogP contribution in [0.1, 0.15) is 66.0 Å². The number of tetrazole rings is 1. The van der Waals surface area contributed by atoms with E-state index in [0.717, 1.165) is 30.4 Å². The smallest absolute Gasteiger partial charge is 0.174 e. The largest absolute Gasteiger partial charge is 0.507 e. The lowest BCUT2D eigenvalue weighted by Gasteiger charge is -2.14. The summed E-state index contributed by atoms with van der Waals surface area (Å²) in [7, 11) is 0. The van der Waals surface area contributed by atoms with Gasteiger partial charge in [-0.25, -0.2) is 0 Å². The van der Waals surface area contributed by atoms with E-state index in [1.165, 1.54) is 6.92 Å². The van der Waals surface area contributed by atoms with Crippen LogP contribution in [0, 0.1) is 11.3 Å². The zero-order valence-corrected chi connectivity index (χ0v) is 19.1. The summed E-state index contributed by atoms with van der Waals surface area (Å²) in [5.74, 6) is 1.19. The van der Waals surface area contributed by atoms with E-state index in [-0.39, 0.29) is 11.5 Å². The summed E-state index contributed by atoms with van der Waals surface area (Å²) >= 11 is 0. The number of ketones is 1. The molecule has 0 saturated carbocycles. The van der Waals surface area contributed by atoms with E-state index in [4.69, 9.17) is 10.00 Å². The molecule has 0 atom stereocenters. The van der Waals surface area contributed by atoms with E-state index in [1.54, 1.807) is 16.9 Å². The Morgan fingerprint density at radius 1 is 1.12 bits per heavy atom. The van der Waals surface area contributed by atoms with Crippen LogP contribution in [0.5, 0.6) is 11.5 Å². The summed E-state index contributed by atoms with van der Waals surface area (Å²) in [6, 6.07) is 13.3. The molecule has 0 aliphatic carbocycles. The summed E-state index contributed by atoms with van der Waals surface area (Å²) in [5, 5.41) is 31.9. The average Bonchev–Trinajstić information content (AvgIpc) is 3.24. The number of carbonyl (C=O) groups excluding carboxylic acids is 1. The van der Waals surface area contributed by atoms with Gasteiger partial charge in [0.05, 0.1) is 31.2 Å². The number of Topliss-reactive ketones (excluding diaryl/α,β-unsaturated/α-hetero) is 1. The number of aryl methyl sites for hydroxylation is 1. The number of ether oxygens (including phenoxy) is 1. The van der Waals surface area contributed by atoms with Gasteiger partial charge in [-0.1, -0.05) is 37.6 Å². The quantitative estimate of drug-likeness (QED) is 0.329. The zero-order valence-electron chi connectivity index (χ0n) is 19.1. The van der Waals surface area contributed by atoms with E-state index >= 15 is 0 Å². The van der Waals surface area contributed by atoms with Gasteiger partial charge in [-0.05, 0) is 54.7 Å². The molecular weight excluding hydrogens is 418 g/mol. The molecule has 0 aliphatic heterocycles. The molecule has 0 spiro atoms. The molecule has 0 saturated heterocycles. The van der Waals surface area contributed by atoms with Crippen molar-refractivity contribution in [1.29, 1.82) is 5.26 Å². The SMILES string of the molecule is CCCc1c(OCCCCc2nnn(Cc3ccc(CC#N)cc3)n2)ccc(C(C)=O)c1O. The normalized spacial score (nSPS) is 10.7. The molecule has 0 amide bonds. The van der Waals surface area contributed by atoms with Crippen molar-refractivity contribution in [3.63, 3.8) is 0 Å². The van der Waals surface area contributed by atoms with Crippen LogP contribution in [-0.4, -0.2) is 37.7 Å². The van der Waals surface area contributed by atoms with Gasteiger partial charge in [0, 0.05) is 12.0 Å². The highest BCUT2D eigenvalue weighted by molar-refractivity contribution is 5.97. The number of nitrogens with zero attached hydrogens (tertiary/aromatic N) is 5. The van der Waals surface area contributed by atoms with Crippen molar-refractivity contribution in [1.82, 2.24) is 20.2 Å². The predicted octanol–water partition coefficient (Wildman–Crippen LogP) is 4.05. The van der Waals surface area contributed by atoms with E-state index in [0.29, 0.717) is 55.1 Å². The van der Waals surface area contributed by atoms with Gasteiger partial charge in [0.2, 0.25) is 0 Å². The highest BCUT2D eigenvalue weighted by Gasteiger charge is 2.15. The fraction of sp³-hybridized carbons (Fsp3) is 0.400. The van der Waals surface area contributed by atoms with Gasteiger partial charge in [-0.3, -0.25) is 4.79 Å². The van der Waals surface area contributed by atoms with Crippen LogP contribution in [0.15, 0.2) is 36.4 Å². The van der Waals surface area contributed by atoms with Crippen LogP contribution in [0.3, 0.4) is 0 Å². The monoisotopic (exact) mass is 447 g/mol. The van der Waals surface area contributed by atoms with Crippen molar-refractivity contribution in [2.75, 3.05) is 6.61 Å². The molecule has 0 unspecified atom stereocenters. The van der Waals surface area contributed by atoms with Crippen molar-refractivity contribution in [3.05, 3.63) is 64.5 Å². The number of hydrogen-bond acceptors (Lipinski definition) is 7. The molecule has 1 aromatic heterocycles. The van der Waals surface area contributed by atoms with Gasteiger partial charge in [-0.15, -0.1) is 10.2 Å². The first kappa shape index (κ1) is 23.9. The number of benzene rings is 2. The lowest BCUT2D eigenvalue weighted by molar-refractivity contribution is 0.101. The number of phenols is 1. The molecule has 0 bridgehead atoms. The Balaban J connectivity index is 1.46. The number of carbonyl (C=O) groups is 1. The van der Waals surface area contributed by atoms with Crippen molar-refractivity contribution in [2.45, 2.75) is 58.9 Å². The van der Waals surface area contributed by atoms with Gasteiger partial charge in [0.25, 0.3) is 0 Å². The third-order valence-corrected chi connectivity index (χ3v) is 5.30. The Morgan fingerprint density at radius 2 is 1.88 bits per heavy atom. The number of aromatic nitrogens is 4. The fourth-order valence-corrected chi connectivity index (χ4v) is 3.56. The fourth-order valence-electron chi connectivity index (χ4n) is 3.56. The number of phenolic OH excluding ortho intramolecular Hbond substituents is 1. The standard InChI is InChI=1S/C25H29N5O3/c1-3-6-22-23(13-12-21(18(2)31)25(22)32)33-16-5-4-7-24-27-29-30(28-24)17-20-10-8-19(9-11-20)14-15-26/h8-13,32H,3-7,14,16-17H2,1-2H3. The molecule has 3 rings (SSSR count). The summed E-state index contributed by atoms with van der Waals surface area (Å²) < 4.78 is 5.90. The zero-order chi connectivity index (χ0) is 23.6. The minimum atomic E-state index is -0.159.